The summed E-state index contributed by atoms with van der Waals surface area (Å²) in [6, 6.07) is 16.4. The number of carbonyl (C=O) groups excluding carboxylic acids is 7. The molecule has 15 N–H and O–H groups in total. The maximum Gasteiger partial charge on any atom is 0.343 e. The molecule has 8 rings (SSSR count). The maximum atomic E-state index is 13.5. The van der Waals surface area contributed by atoms with Gasteiger partial charge < -0.3 is 110 Å². The Balaban J connectivity index is 0.961. The van der Waals surface area contributed by atoms with Crippen molar-refractivity contribution in [2.45, 2.75) is 0 Å². The fourth-order valence-corrected chi connectivity index (χ4v) is 7.06. The summed E-state index contributed by atoms with van der Waals surface area (Å²) in [6.45, 7) is 0. The first-order valence-corrected chi connectivity index (χ1v) is 22.9. The molecule has 0 amide bonds. The van der Waals surface area contributed by atoms with Crippen molar-refractivity contribution in [3.8, 4) is 126 Å². The highest BCUT2D eigenvalue weighted by Gasteiger charge is 2.29. The minimum Gasteiger partial charge on any atom is -0.504 e. The van der Waals surface area contributed by atoms with Gasteiger partial charge in [0.2, 0.25) is 34.5 Å². The molecule has 0 fully saturated rings. The lowest BCUT2D eigenvalue weighted by atomic mass is 10.1. The third kappa shape index (κ3) is 12.0. The van der Waals surface area contributed by atoms with Crippen molar-refractivity contribution in [2.75, 3.05) is 0 Å². The topological polar surface area (TPSA) is 488 Å². The first-order valence-electron chi connectivity index (χ1n) is 22.9. The van der Waals surface area contributed by atoms with Gasteiger partial charge in [0.25, 0.3) is 0 Å². The molecule has 0 bridgehead atoms. The van der Waals surface area contributed by atoms with Gasteiger partial charge in [-0.15, -0.1) is 0 Å². The molecular weight excluding hydrogens is 1120 g/mol. The number of phenolic OH excluding ortho intramolecular Hbond substituents is 15. The molecule has 0 aliphatic rings. The smallest absolute Gasteiger partial charge is 0.343 e. The molecule has 0 spiro atoms. The molecule has 0 aromatic heterocycles. The Bertz CT molecular complexity index is 4070. The monoisotopic (exact) mass is 1160 g/mol. The Morgan fingerprint density at radius 1 is 0.214 bits per heavy atom. The molecule has 0 unspecified atom stereocenters. The number of aromatic hydroxyl groups is 15. The average Bonchev–Trinajstić information content (AvgIpc) is 3.08. The van der Waals surface area contributed by atoms with Crippen LogP contribution < -0.4 is 33.2 Å². The quantitative estimate of drug-likeness (QED) is 0.0347. The molecule has 0 atom stereocenters. The van der Waals surface area contributed by atoms with Crippen LogP contribution in [0.25, 0.3) is 0 Å². The molecule has 0 aliphatic heterocycles. The van der Waals surface area contributed by atoms with Gasteiger partial charge in [0, 0.05) is 0 Å². The molecule has 8 aromatic rings. The van der Waals surface area contributed by atoms with Crippen molar-refractivity contribution in [1.82, 2.24) is 0 Å². The van der Waals surface area contributed by atoms with Crippen LogP contribution in [0.4, 0.5) is 0 Å². The lowest BCUT2D eigenvalue weighted by molar-refractivity contribution is 0.0698. The number of ether oxygens (including phenoxy) is 7. The molecule has 0 aliphatic carbocycles. The van der Waals surface area contributed by atoms with Gasteiger partial charge in [-0.3, -0.25) is 0 Å². The second kappa shape index (κ2) is 22.8. The predicted molar refractivity (Wildman–Crippen MR) is 271 cm³/mol. The highest BCUT2D eigenvalue weighted by atomic mass is 16.6. The van der Waals surface area contributed by atoms with Gasteiger partial charge in [-0.1, -0.05) is 18.2 Å². The normalized spacial score (nSPS) is 10.7. The third-order valence-corrected chi connectivity index (χ3v) is 11.2. The molecule has 428 valence electrons. The van der Waals surface area contributed by atoms with Crippen LogP contribution in [-0.4, -0.2) is 118 Å². The first kappa shape index (κ1) is 57.2. The van der Waals surface area contributed by atoms with Crippen molar-refractivity contribution in [3.05, 3.63) is 154 Å². The number of hydrogen-bond acceptors (Lipinski definition) is 29. The molecule has 84 heavy (non-hydrogen) atoms. The highest BCUT2D eigenvalue weighted by molar-refractivity contribution is 6.00. The van der Waals surface area contributed by atoms with E-state index in [1.807, 2.05) is 0 Å². The Morgan fingerprint density at radius 2 is 0.381 bits per heavy atom. The van der Waals surface area contributed by atoms with Crippen LogP contribution in [0.1, 0.15) is 72.5 Å². The molecule has 29 nitrogen and oxygen atoms in total. The number of hydrogen-bond donors (Lipinski definition) is 15. The van der Waals surface area contributed by atoms with E-state index in [2.05, 4.69) is 0 Å². The molecular formula is C55H34O29. The van der Waals surface area contributed by atoms with Gasteiger partial charge >= 0.3 is 41.8 Å². The summed E-state index contributed by atoms with van der Waals surface area (Å²) in [5.41, 5.74) is -4.83. The van der Waals surface area contributed by atoms with Crippen molar-refractivity contribution < 1.29 is 143 Å². The zero-order valence-corrected chi connectivity index (χ0v) is 41.4. The van der Waals surface area contributed by atoms with Gasteiger partial charge in [0.1, 0.15) is 5.75 Å². The van der Waals surface area contributed by atoms with Crippen LogP contribution in [0.5, 0.6) is 126 Å². The fraction of sp³-hybridized carbons (Fsp3) is 0. The highest BCUT2D eigenvalue weighted by Crippen LogP contribution is 2.45. The van der Waals surface area contributed by atoms with Crippen molar-refractivity contribution in [1.29, 1.82) is 0 Å². The molecule has 0 heterocycles. The summed E-state index contributed by atoms with van der Waals surface area (Å²) in [5, 5.41) is 154. The fourth-order valence-electron chi connectivity index (χ4n) is 7.06. The largest absolute Gasteiger partial charge is 0.504 e. The minimum absolute atomic E-state index is 0.0941. The van der Waals surface area contributed by atoms with Crippen LogP contribution in [-0.2, 0) is 0 Å². The SMILES string of the molecule is O=C(Oc1ccccc1)c1cc(O)c(O)c(OC(=O)c2cc(O)c(O)c(OC(=O)c3cc(O)c(O)c(OC(=O)c4cc(O)c(O)c(OC(=O)c5cc(O)c(O)c(OC(=O)c6cc(O)c(O)c(OC(=O)c7cc(O)c(O)c(O)c7)c6)c5)c4)c3)c2)c1. The van der Waals surface area contributed by atoms with Crippen LogP contribution >= 0.6 is 0 Å². The Hall–Kier alpha value is -13.0. The maximum absolute atomic E-state index is 13.5. The van der Waals surface area contributed by atoms with Gasteiger partial charge in [0.05, 0.1) is 38.9 Å². The summed E-state index contributed by atoms with van der Waals surface area (Å²) >= 11 is 0. The van der Waals surface area contributed by atoms with E-state index in [1.54, 1.807) is 18.2 Å². The second-order valence-electron chi connectivity index (χ2n) is 17.0. The zero-order valence-electron chi connectivity index (χ0n) is 41.4. The van der Waals surface area contributed by atoms with E-state index in [4.69, 9.17) is 33.2 Å². The number of rotatable bonds is 14. The Morgan fingerprint density at radius 3 is 0.583 bits per heavy atom. The van der Waals surface area contributed by atoms with Gasteiger partial charge in [-0.05, 0) is 97.1 Å². The third-order valence-electron chi connectivity index (χ3n) is 11.2. The van der Waals surface area contributed by atoms with Crippen LogP contribution in [0.3, 0.4) is 0 Å². The number of benzene rings is 8. The zero-order chi connectivity index (χ0) is 61.2. The molecule has 8 aromatic carbocycles. The summed E-state index contributed by atoms with van der Waals surface area (Å²) in [6.07, 6.45) is 0. The number of phenols is 15. The van der Waals surface area contributed by atoms with Crippen LogP contribution in [0.2, 0.25) is 0 Å². The van der Waals surface area contributed by atoms with E-state index in [0.29, 0.717) is 72.8 Å². The summed E-state index contributed by atoms with van der Waals surface area (Å²) in [7, 11) is 0. The predicted octanol–water partition coefficient (Wildman–Crippen LogP) is 5.81. The number of para-hydroxylation sites is 1. The van der Waals surface area contributed by atoms with Crippen LogP contribution in [0.15, 0.2) is 115 Å². The van der Waals surface area contributed by atoms with Crippen LogP contribution in [0, 0.1) is 0 Å². The molecule has 0 saturated heterocycles. The van der Waals surface area contributed by atoms with Gasteiger partial charge in [-0.25, -0.2) is 33.6 Å². The van der Waals surface area contributed by atoms with Gasteiger partial charge in [0.15, 0.2) is 86.2 Å². The lowest BCUT2D eigenvalue weighted by Gasteiger charge is -2.14. The van der Waals surface area contributed by atoms with E-state index >= 15 is 0 Å². The summed E-state index contributed by atoms with van der Waals surface area (Å²) in [5.74, 6) is -32.4. The van der Waals surface area contributed by atoms with E-state index in [1.165, 1.54) is 12.1 Å². The second-order valence-corrected chi connectivity index (χ2v) is 17.0. The Labute approximate surface area is 464 Å². The van der Waals surface area contributed by atoms with Crippen molar-refractivity contribution >= 4 is 41.8 Å². The molecule has 0 radical (unpaired) electrons. The van der Waals surface area contributed by atoms with E-state index in [9.17, 15) is 110 Å². The Kier molecular flexibility index (Phi) is 15.5. The summed E-state index contributed by atoms with van der Waals surface area (Å²) in [4.78, 5) is 92.2. The van der Waals surface area contributed by atoms with E-state index < -0.39 is 201 Å². The average molecular weight is 1160 g/mol. The molecule has 29 heteroatoms. The van der Waals surface area contributed by atoms with Crippen molar-refractivity contribution in [2.24, 2.45) is 0 Å². The lowest BCUT2D eigenvalue weighted by Crippen LogP contribution is -2.14. The van der Waals surface area contributed by atoms with Gasteiger partial charge in [-0.2, -0.15) is 0 Å². The van der Waals surface area contributed by atoms with E-state index in [-0.39, 0.29) is 5.75 Å². The standard InChI is InChI=1S/C55H34O29/c56-28-6-20(7-29(57)42(28)64)50(72)79-37-15-22(9-31(59)44(37)66)52(74)81-39-17-24(11-33(61)46(39)68)54(76)83-41-19-26(13-35(63)48(41)70)55(77)84-40-18-25(12-34(62)47(40)69)53(75)82-38-16-23(10-32(60)45(38)67)51(73)80-36-14-21(8-30(58)43(36)65)49(71)78-27-4-2-1-3-5-27/h1-19,56-70H. The summed E-state index contributed by atoms with van der Waals surface area (Å²) < 4.78 is 35.6. The minimum atomic E-state index is -1.59. The number of esters is 7. The number of carbonyl (C=O) groups is 7. The first-order chi connectivity index (χ1) is 39.7. The van der Waals surface area contributed by atoms with E-state index in [0.717, 1.165) is 12.1 Å². The van der Waals surface area contributed by atoms with Crippen molar-refractivity contribution in [3.63, 3.8) is 0 Å². The molecule has 0 saturated carbocycles.